The van der Waals surface area contributed by atoms with Crippen LogP contribution in [0.4, 0.5) is 4.39 Å². The van der Waals surface area contributed by atoms with Crippen LogP contribution in [0.5, 0.6) is 0 Å². The Hall–Kier alpha value is -4.19. The van der Waals surface area contributed by atoms with Crippen molar-refractivity contribution in [2.75, 3.05) is 6.61 Å². The number of esters is 1. The van der Waals surface area contributed by atoms with Gasteiger partial charge in [0.1, 0.15) is 18.2 Å². The first-order valence-electron chi connectivity index (χ1n) is 10.1. The van der Waals surface area contributed by atoms with E-state index in [2.05, 4.69) is 0 Å². The van der Waals surface area contributed by atoms with Crippen molar-refractivity contribution >= 4 is 28.4 Å². The number of ether oxygens (including phenoxy) is 1. The minimum absolute atomic E-state index is 0.120. The van der Waals surface area contributed by atoms with Crippen LogP contribution < -0.4 is 0 Å². The molecule has 158 valence electrons. The van der Waals surface area contributed by atoms with Crippen LogP contribution in [0.15, 0.2) is 84.6 Å². The standard InChI is InChI=1S/C26H18FNO4/c27-19-10-11-23-20(12-19)21(24(29)22-15-32-26(31)25(22)30)14-28(23)13-16-6-8-18(9-7-16)17-4-2-1-3-5-17/h1-12,14,29H,13,15H2/b24-22-. The summed E-state index contributed by atoms with van der Waals surface area (Å²) >= 11 is 0. The molecule has 0 radical (unpaired) electrons. The number of ketones is 1. The third-order valence-electron chi connectivity index (χ3n) is 5.61. The van der Waals surface area contributed by atoms with Gasteiger partial charge in [0.15, 0.2) is 0 Å². The molecular formula is C26H18FNO4. The molecule has 5 nitrogen and oxygen atoms in total. The Labute approximate surface area is 183 Å². The molecule has 1 aliphatic heterocycles. The molecule has 2 heterocycles. The number of halogens is 1. The summed E-state index contributed by atoms with van der Waals surface area (Å²) in [5, 5.41) is 11.2. The van der Waals surface area contributed by atoms with Gasteiger partial charge < -0.3 is 14.4 Å². The van der Waals surface area contributed by atoms with E-state index in [1.165, 1.54) is 12.1 Å². The average molecular weight is 427 g/mol. The number of carbonyl (C=O) groups is 2. The van der Waals surface area contributed by atoms with Crippen molar-refractivity contribution in [3.05, 3.63) is 102 Å². The zero-order chi connectivity index (χ0) is 22.2. The predicted molar refractivity (Wildman–Crippen MR) is 118 cm³/mol. The molecule has 32 heavy (non-hydrogen) atoms. The minimum Gasteiger partial charge on any atom is -0.507 e. The topological polar surface area (TPSA) is 68.5 Å². The number of aromatic nitrogens is 1. The average Bonchev–Trinajstić information content (AvgIpc) is 3.34. The second-order valence-corrected chi connectivity index (χ2v) is 7.63. The molecule has 0 saturated carbocycles. The fourth-order valence-electron chi connectivity index (χ4n) is 3.95. The van der Waals surface area contributed by atoms with Crippen LogP contribution >= 0.6 is 0 Å². The number of hydrogen-bond acceptors (Lipinski definition) is 4. The summed E-state index contributed by atoms with van der Waals surface area (Å²) in [4.78, 5) is 23.4. The highest BCUT2D eigenvalue weighted by Gasteiger charge is 2.33. The van der Waals surface area contributed by atoms with Gasteiger partial charge in [-0.25, -0.2) is 9.18 Å². The molecule has 5 rings (SSSR count). The fraction of sp³-hybridized carbons (Fsp3) is 0.0769. The summed E-state index contributed by atoms with van der Waals surface area (Å²) in [5.41, 5.74) is 4.09. The monoisotopic (exact) mass is 427 g/mol. The fourth-order valence-corrected chi connectivity index (χ4v) is 3.95. The quantitative estimate of drug-likeness (QED) is 0.218. The highest BCUT2D eigenvalue weighted by molar-refractivity contribution is 6.43. The Bertz CT molecular complexity index is 1380. The molecule has 0 bridgehead atoms. The number of Topliss-reactive ketones (excluding diaryl/α,β-unsaturated/α-hetero) is 1. The zero-order valence-corrected chi connectivity index (χ0v) is 16.9. The maximum atomic E-state index is 14.0. The molecule has 0 atom stereocenters. The normalized spacial score (nSPS) is 15.3. The summed E-state index contributed by atoms with van der Waals surface area (Å²) < 4.78 is 20.6. The van der Waals surface area contributed by atoms with Gasteiger partial charge in [0.25, 0.3) is 5.78 Å². The lowest BCUT2D eigenvalue weighted by molar-refractivity contribution is -0.146. The van der Waals surface area contributed by atoms with Crippen molar-refractivity contribution in [1.29, 1.82) is 0 Å². The first-order chi connectivity index (χ1) is 15.5. The van der Waals surface area contributed by atoms with Gasteiger partial charge in [-0.05, 0) is 34.9 Å². The predicted octanol–water partition coefficient (Wildman–Crippen LogP) is 4.89. The van der Waals surface area contributed by atoms with Crippen LogP contribution in [0, 0.1) is 5.82 Å². The van der Waals surface area contributed by atoms with Crippen LogP contribution in [0.3, 0.4) is 0 Å². The SMILES string of the molecule is O=C1OC/C(=C(/O)c2cn(Cc3ccc(-c4ccccc4)cc3)c3ccc(F)cc23)C1=O. The van der Waals surface area contributed by atoms with Gasteiger partial charge in [0, 0.05) is 29.2 Å². The number of carbonyl (C=O) groups excluding carboxylic acids is 2. The molecular weight excluding hydrogens is 409 g/mol. The van der Waals surface area contributed by atoms with Crippen LogP contribution in [-0.4, -0.2) is 28.0 Å². The molecule has 0 aliphatic carbocycles. The molecule has 1 fully saturated rings. The highest BCUT2D eigenvalue weighted by atomic mass is 19.1. The summed E-state index contributed by atoms with van der Waals surface area (Å²) in [6.07, 6.45) is 1.66. The lowest BCUT2D eigenvalue weighted by Crippen LogP contribution is -2.08. The van der Waals surface area contributed by atoms with Crippen molar-refractivity contribution < 1.29 is 23.8 Å². The molecule has 0 spiro atoms. The Morgan fingerprint density at radius 3 is 2.38 bits per heavy atom. The molecule has 1 aliphatic rings. The van der Waals surface area contributed by atoms with Crippen LogP contribution in [-0.2, 0) is 20.9 Å². The number of rotatable bonds is 4. The van der Waals surface area contributed by atoms with E-state index in [-0.39, 0.29) is 23.5 Å². The number of nitrogens with zero attached hydrogens (tertiary/aromatic N) is 1. The Morgan fingerprint density at radius 1 is 0.969 bits per heavy atom. The second-order valence-electron chi connectivity index (χ2n) is 7.63. The highest BCUT2D eigenvalue weighted by Crippen LogP contribution is 2.31. The van der Waals surface area contributed by atoms with E-state index in [9.17, 15) is 19.1 Å². The van der Waals surface area contributed by atoms with Crippen LogP contribution in [0.25, 0.3) is 27.8 Å². The Morgan fingerprint density at radius 2 is 1.69 bits per heavy atom. The Kier molecular flexibility index (Phi) is 4.82. The van der Waals surface area contributed by atoms with E-state index >= 15 is 0 Å². The van der Waals surface area contributed by atoms with Crippen molar-refractivity contribution in [3.63, 3.8) is 0 Å². The molecule has 0 amide bonds. The third kappa shape index (κ3) is 3.46. The van der Waals surface area contributed by atoms with E-state index < -0.39 is 17.6 Å². The molecule has 3 aromatic carbocycles. The van der Waals surface area contributed by atoms with Gasteiger partial charge in [-0.3, -0.25) is 4.79 Å². The number of benzene rings is 3. The van der Waals surface area contributed by atoms with Gasteiger partial charge in [-0.2, -0.15) is 0 Å². The molecule has 1 aromatic heterocycles. The van der Waals surface area contributed by atoms with Gasteiger partial charge >= 0.3 is 5.97 Å². The van der Waals surface area contributed by atoms with Crippen molar-refractivity contribution in [2.24, 2.45) is 0 Å². The summed E-state index contributed by atoms with van der Waals surface area (Å²) in [6.45, 7) is 0.176. The van der Waals surface area contributed by atoms with Gasteiger partial charge in [-0.1, -0.05) is 54.6 Å². The van der Waals surface area contributed by atoms with Crippen LogP contribution in [0.1, 0.15) is 11.1 Å². The first kappa shape index (κ1) is 19.8. The van der Waals surface area contributed by atoms with Crippen molar-refractivity contribution in [2.45, 2.75) is 6.54 Å². The van der Waals surface area contributed by atoms with E-state index in [0.29, 0.717) is 17.4 Å². The minimum atomic E-state index is -1.00. The van der Waals surface area contributed by atoms with Crippen molar-refractivity contribution in [1.82, 2.24) is 4.57 Å². The molecule has 4 aromatic rings. The first-order valence-corrected chi connectivity index (χ1v) is 10.1. The second kappa shape index (κ2) is 7.81. The summed E-state index contributed by atoms with van der Waals surface area (Å²) in [6, 6.07) is 22.4. The lowest BCUT2D eigenvalue weighted by atomic mass is 10.0. The van der Waals surface area contributed by atoms with Gasteiger partial charge in [0.05, 0.1) is 5.57 Å². The van der Waals surface area contributed by atoms with E-state index in [1.807, 2.05) is 59.2 Å². The van der Waals surface area contributed by atoms with Gasteiger partial charge in [0.2, 0.25) is 0 Å². The molecule has 0 unspecified atom stereocenters. The van der Waals surface area contributed by atoms with Gasteiger partial charge in [-0.15, -0.1) is 0 Å². The largest absolute Gasteiger partial charge is 0.507 e. The van der Waals surface area contributed by atoms with Crippen molar-refractivity contribution in [3.8, 4) is 11.1 Å². The smallest absolute Gasteiger partial charge is 0.379 e. The maximum absolute atomic E-state index is 14.0. The molecule has 6 heteroatoms. The number of cyclic esters (lactones) is 1. The lowest BCUT2D eigenvalue weighted by Gasteiger charge is -2.07. The number of aliphatic hydroxyl groups is 1. The van der Waals surface area contributed by atoms with E-state index in [0.717, 1.165) is 16.7 Å². The van der Waals surface area contributed by atoms with E-state index in [4.69, 9.17) is 4.74 Å². The molecule has 1 N–H and O–H groups in total. The van der Waals surface area contributed by atoms with Crippen LogP contribution in [0.2, 0.25) is 0 Å². The third-order valence-corrected chi connectivity index (χ3v) is 5.61. The zero-order valence-electron chi connectivity index (χ0n) is 16.9. The number of hydrogen-bond donors (Lipinski definition) is 1. The maximum Gasteiger partial charge on any atom is 0.379 e. The summed E-state index contributed by atoms with van der Waals surface area (Å²) in [5.74, 6) is -2.71. The Balaban J connectivity index is 1.53. The summed E-state index contributed by atoms with van der Waals surface area (Å²) in [7, 11) is 0. The van der Waals surface area contributed by atoms with E-state index in [1.54, 1.807) is 12.3 Å². The molecule has 1 saturated heterocycles. The number of fused-ring (bicyclic) bond motifs is 1. The number of aliphatic hydroxyl groups excluding tert-OH is 1.